The number of nitrogens with zero attached hydrogens (tertiary/aromatic N) is 1. The molecule has 0 spiro atoms. The minimum absolute atomic E-state index is 0.221. The fraction of sp³-hybridized carbons (Fsp3) is 0.500. The Kier molecular flexibility index (Phi) is 6.73. The maximum absolute atomic E-state index is 13.0. The van der Waals surface area contributed by atoms with Crippen molar-refractivity contribution in [2.45, 2.75) is 45.8 Å². The summed E-state index contributed by atoms with van der Waals surface area (Å²) in [4.78, 5) is 16.2. The lowest BCUT2D eigenvalue weighted by molar-refractivity contribution is 0.0106. The summed E-state index contributed by atoms with van der Waals surface area (Å²) in [6, 6.07) is 10.7. The van der Waals surface area contributed by atoms with Crippen molar-refractivity contribution in [2.75, 3.05) is 19.7 Å². The van der Waals surface area contributed by atoms with Crippen molar-refractivity contribution in [1.82, 2.24) is 4.90 Å². The van der Waals surface area contributed by atoms with Crippen molar-refractivity contribution in [3.8, 4) is 10.4 Å². The van der Waals surface area contributed by atoms with Crippen LogP contribution in [0.25, 0.3) is 10.4 Å². The average molecular weight is 406 g/mol. The molecule has 4 nitrogen and oxygen atoms in total. The fourth-order valence-electron chi connectivity index (χ4n) is 3.16. The highest BCUT2D eigenvalue weighted by Crippen LogP contribution is 2.29. The number of ether oxygens (including phenoxy) is 2. The van der Waals surface area contributed by atoms with Gasteiger partial charge in [-0.05, 0) is 69.4 Å². The number of carbonyl (C=O) groups is 1. The molecule has 1 aliphatic rings. The lowest BCUT2D eigenvalue weighted by Gasteiger charge is -2.33. The van der Waals surface area contributed by atoms with E-state index in [2.05, 4.69) is 12.1 Å². The van der Waals surface area contributed by atoms with Crippen molar-refractivity contribution < 1.29 is 18.7 Å². The molecule has 1 aromatic carbocycles. The van der Waals surface area contributed by atoms with E-state index in [1.807, 2.05) is 20.8 Å². The van der Waals surface area contributed by atoms with Crippen molar-refractivity contribution in [3.63, 3.8) is 0 Å². The molecule has 1 amide bonds. The van der Waals surface area contributed by atoms with Crippen molar-refractivity contribution in [3.05, 3.63) is 47.1 Å². The quantitative estimate of drug-likeness (QED) is 0.639. The number of hydrogen-bond donors (Lipinski definition) is 0. The average Bonchev–Trinajstić information content (AvgIpc) is 3.10. The van der Waals surface area contributed by atoms with Crippen LogP contribution >= 0.6 is 11.3 Å². The summed E-state index contributed by atoms with van der Waals surface area (Å²) >= 11 is 1.67. The van der Waals surface area contributed by atoms with Crippen LogP contribution in [-0.2, 0) is 16.1 Å². The molecule has 0 atom stereocenters. The summed E-state index contributed by atoms with van der Waals surface area (Å²) in [5.74, 6) is 0.247. The molecule has 28 heavy (non-hydrogen) atoms. The van der Waals surface area contributed by atoms with Gasteiger partial charge in [-0.2, -0.15) is 0 Å². The predicted molar refractivity (Wildman–Crippen MR) is 110 cm³/mol. The Morgan fingerprint density at radius 3 is 2.46 bits per heavy atom. The molecule has 6 heteroatoms. The number of benzene rings is 1. The molecule has 2 aromatic rings. The minimum atomic E-state index is -0.454. The standard InChI is InChI=1S/C22H28FNO3S/c1-22(2,3)27-21(25)24-12-10-16(11-13-24)14-26-15-19-8-9-20(28-19)17-4-6-18(23)7-5-17/h4-9,16H,10-15H2,1-3H3. The molecule has 0 aliphatic carbocycles. The van der Waals surface area contributed by atoms with Crippen LogP contribution in [0.4, 0.5) is 9.18 Å². The van der Waals surface area contributed by atoms with E-state index < -0.39 is 5.60 Å². The van der Waals surface area contributed by atoms with Crippen molar-refractivity contribution in [1.29, 1.82) is 0 Å². The molecule has 1 aliphatic heterocycles. The lowest BCUT2D eigenvalue weighted by atomic mass is 9.98. The van der Waals surface area contributed by atoms with E-state index in [9.17, 15) is 9.18 Å². The second kappa shape index (κ2) is 9.05. The van der Waals surface area contributed by atoms with Crippen LogP contribution in [0.15, 0.2) is 36.4 Å². The first kappa shape index (κ1) is 20.8. The fourth-order valence-corrected chi connectivity index (χ4v) is 4.11. The molecule has 0 radical (unpaired) electrons. The Balaban J connectivity index is 1.39. The van der Waals surface area contributed by atoms with Crippen LogP contribution < -0.4 is 0 Å². The van der Waals surface area contributed by atoms with Gasteiger partial charge in [-0.1, -0.05) is 12.1 Å². The maximum Gasteiger partial charge on any atom is 0.410 e. The van der Waals surface area contributed by atoms with Gasteiger partial charge in [0.25, 0.3) is 0 Å². The molecular weight excluding hydrogens is 377 g/mol. The van der Waals surface area contributed by atoms with Crippen LogP contribution in [0.2, 0.25) is 0 Å². The van der Waals surface area contributed by atoms with E-state index >= 15 is 0 Å². The third-order valence-corrected chi connectivity index (χ3v) is 5.76. The van der Waals surface area contributed by atoms with Gasteiger partial charge in [0.1, 0.15) is 11.4 Å². The van der Waals surface area contributed by atoms with Gasteiger partial charge in [-0.15, -0.1) is 11.3 Å². The molecule has 3 rings (SSSR count). The van der Waals surface area contributed by atoms with Gasteiger partial charge in [0.05, 0.1) is 13.2 Å². The third kappa shape index (κ3) is 6.04. The molecular formula is C22H28FNO3S. The minimum Gasteiger partial charge on any atom is -0.444 e. The van der Waals surface area contributed by atoms with Crippen molar-refractivity contribution in [2.24, 2.45) is 5.92 Å². The number of thiophene rings is 1. The normalized spacial score (nSPS) is 15.6. The zero-order valence-electron chi connectivity index (χ0n) is 16.7. The van der Waals surface area contributed by atoms with Gasteiger partial charge >= 0.3 is 6.09 Å². The highest BCUT2D eigenvalue weighted by atomic mass is 32.1. The molecule has 0 N–H and O–H groups in total. The largest absolute Gasteiger partial charge is 0.444 e. The SMILES string of the molecule is CC(C)(C)OC(=O)N1CCC(COCc2ccc(-c3ccc(F)cc3)s2)CC1. The van der Waals surface area contributed by atoms with Crippen LogP contribution in [0, 0.1) is 11.7 Å². The molecule has 1 fully saturated rings. The molecule has 0 saturated carbocycles. The Hall–Kier alpha value is -1.92. The highest BCUT2D eigenvalue weighted by Gasteiger charge is 2.26. The van der Waals surface area contributed by atoms with Gasteiger partial charge in [-0.3, -0.25) is 0 Å². The lowest BCUT2D eigenvalue weighted by Crippen LogP contribution is -2.42. The zero-order chi connectivity index (χ0) is 20.1. The summed E-state index contributed by atoms with van der Waals surface area (Å²) in [6.07, 6.45) is 1.65. The first-order valence-corrected chi connectivity index (χ1v) is 10.5. The zero-order valence-corrected chi connectivity index (χ0v) is 17.6. The number of rotatable bonds is 5. The molecule has 1 aromatic heterocycles. The van der Waals surface area contributed by atoms with Gasteiger partial charge in [0.15, 0.2) is 0 Å². The van der Waals surface area contributed by atoms with E-state index in [0.717, 1.165) is 41.2 Å². The molecule has 1 saturated heterocycles. The van der Waals surface area contributed by atoms with Gasteiger partial charge in [0.2, 0.25) is 0 Å². The molecule has 0 bridgehead atoms. The number of likely N-dealkylation sites (tertiary alicyclic amines) is 1. The number of amides is 1. The summed E-state index contributed by atoms with van der Waals surface area (Å²) < 4.78 is 24.4. The molecule has 152 valence electrons. The topological polar surface area (TPSA) is 38.8 Å². The van der Waals surface area contributed by atoms with Crippen LogP contribution in [0.1, 0.15) is 38.5 Å². The second-order valence-electron chi connectivity index (χ2n) is 8.20. The van der Waals surface area contributed by atoms with E-state index in [0.29, 0.717) is 19.1 Å². The van der Waals surface area contributed by atoms with E-state index in [1.165, 1.54) is 12.1 Å². The monoisotopic (exact) mass is 405 g/mol. The van der Waals surface area contributed by atoms with E-state index in [4.69, 9.17) is 9.47 Å². The van der Waals surface area contributed by atoms with Crippen LogP contribution in [0.5, 0.6) is 0 Å². The highest BCUT2D eigenvalue weighted by molar-refractivity contribution is 7.15. The number of piperidine rings is 1. The summed E-state index contributed by atoms with van der Waals surface area (Å²) in [5, 5.41) is 0. The molecule has 2 heterocycles. The summed E-state index contributed by atoms with van der Waals surface area (Å²) in [7, 11) is 0. The third-order valence-electron chi connectivity index (χ3n) is 4.65. The van der Waals surface area contributed by atoms with Crippen LogP contribution in [0.3, 0.4) is 0 Å². The molecule has 0 unspecified atom stereocenters. The Morgan fingerprint density at radius 1 is 1.14 bits per heavy atom. The van der Waals surface area contributed by atoms with E-state index in [1.54, 1.807) is 28.4 Å². The van der Waals surface area contributed by atoms with E-state index in [-0.39, 0.29) is 11.9 Å². The maximum atomic E-state index is 13.0. The van der Waals surface area contributed by atoms with Gasteiger partial charge in [0, 0.05) is 22.8 Å². The number of carbonyl (C=O) groups excluding carboxylic acids is 1. The smallest absolute Gasteiger partial charge is 0.410 e. The Labute approximate surface area is 170 Å². The predicted octanol–water partition coefficient (Wildman–Crippen LogP) is 5.72. The summed E-state index contributed by atoms with van der Waals surface area (Å²) in [6.45, 7) is 8.38. The Bertz CT molecular complexity index is 774. The summed E-state index contributed by atoms with van der Waals surface area (Å²) in [5.41, 5.74) is 0.567. The van der Waals surface area contributed by atoms with Crippen molar-refractivity contribution >= 4 is 17.4 Å². The second-order valence-corrected chi connectivity index (χ2v) is 9.37. The van der Waals surface area contributed by atoms with Crippen LogP contribution in [-0.4, -0.2) is 36.3 Å². The van der Waals surface area contributed by atoms with Gasteiger partial charge < -0.3 is 14.4 Å². The first-order chi connectivity index (χ1) is 13.3. The number of halogens is 1. The van der Waals surface area contributed by atoms with Gasteiger partial charge in [-0.25, -0.2) is 9.18 Å². The first-order valence-electron chi connectivity index (χ1n) is 9.70. The Morgan fingerprint density at radius 2 is 1.82 bits per heavy atom. The number of hydrogen-bond acceptors (Lipinski definition) is 4.